The Morgan fingerprint density at radius 3 is 2.84 bits per heavy atom. The Bertz CT molecular complexity index is 1080. The van der Waals surface area contributed by atoms with Crippen molar-refractivity contribution in [3.63, 3.8) is 0 Å². The van der Waals surface area contributed by atoms with Crippen molar-refractivity contribution < 1.29 is 19.1 Å². The van der Waals surface area contributed by atoms with Crippen LogP contribution in [0.1, 0.15) is 47.7 Å². The van der Waals surface area contributed by atoms with E-state index in [1.165, 1.54) is 11.1 Å². The van der Waals surface area contributed by atoms with Crippen molar-refractivity contribution in [2.45, 2.75) is 51.2 Å². The maximum absolute atomic E-state index is 12.6. The number of carbonyl (C=O) groups is 3. The molecule has 0 bridgehead atoms. The molecule has 2 aromatic carbocycles. The summed E-state index contributed by atoms with van der Waals surface area (Å²) in [5.41, 5.74) is 5.13. The first-order chi connectivity index (χ1) is 15.0. The van der Waals surface area contributed by atoms with Crippen molar-refractivity contribution in [2.75, 3.05) is 22.1 Å². The zero-order chi connectivity index (χ0) is 21.5. The van der Waals surface area contributed by atoms with Gasteiger partial charge < -0.3 is 20.3 Å². The van der Waals surface area contributed by atoms with Crippen LogP contribution in [0.5, 0.6) is 0 Å². The third kappa shape index (κ3) is 3.65. The molecule has 160 valence electrons. The molecular formula is C24H25N3O4. The molecule has 1 fully saturated rings. The van der Waals surface area contributed by atoms with Crippen LogP contribution in [0.15, 0.2) is 36.4 Å². The number of hydrogen-bond donors (Lipinski definition) is 2. The van der Waals surface area contributed by atoms with E-state index in [9.17, 15) is 14.4 Å². The number of carbonyl (C=O) groups excluding carboxylic acids is 3. The zero-order valence-electron chi connectivity index (χ0n) is 17.4. The maximum atomic E-state index is 12.6. The molecule has 7 nitrogen and oxygen atoms in total. The van der Waals surface area contributed by atoms with E-state index in [0.29, 0.717) is 16.9 Å². The average molecular weight is 419 g/mol. The van der Waals surface area contributed by atoms with Crippen LogP contribution in [-0.4, -0.2) is 36.5 Å². The number of fused-ring (bicyclic) bond motifs is 4. The fraction of sp³-hybridized carbons (Fsp3) is 0.375. The van der Waals surface area contributed by atoms with E-state index in [1.54, 1.807) is 19.1 Å². The standard InChI is InChI=1S/C24H25N3O4/c1-14(22(28)25-18-9-7-15-4-2-5-16(15)12-18)31-24(30)17-8-10-20-19(13-17)26-23(29)21-6-3-11-27(20)21/h7-10,12-14,21H,2-6,11H2,1H3,(H,25,28)(H,26,29)/t14-,21+/m1/s1. The molecule has 0 aromatic heterocycles. The minimum Gasteiger partial charge on any atom is -0.449 e. The minimum atomic E-state index is -0.950. The number of nitrogens with zero attached hydrogens (tertiary/aromatic N) is 1. The Balaban J connectivity index is 1.25. The summed E-state index contributed by atoms with van der Waals surface area (Å²) < 4.78 is 5.39. The number of ether oxygens (including phenoxy) is 1. The first-order valence-electron chi connectivity index (χ1n) is 10.8. The monoisotopic (exact) mass is 419 g/mol. The lowest BCUT2D eigenvalue weighted by Gasteiger charge is -2.33. The molecule has 5 rings (SSSR count). The van der Waals surface area contributed by atoms with E-state index in [-0.39, 0.29) is 17.9 Å². The van der Waals surface area contributed by atoms with Gasteiger partial charge in [0, 0.05) is 12.2 Å². The van der Waals surface area contributed by atoms with Gasteiger partial charge in [-0.25, -0.2) is 4.79 Å². The van der Waals surface area contributed by atoms with Crippen molar-refractivity contribution in [3.8, 4) is 0 Å². The summed E-state index contributed by atoms with van der Waals surface area (Å²) in [7, 11) is 0. The summed E-state index contributed by atoms with van der Waals surface area (Å²) in [6.07, 6.45) is 4.10. The van der Waals surface area contributed by atoms with Crippen molar-refractivity contribution in [1.29, 1.82) is 0 Å². The number of amides is 2. The van der Waals surface area contributed by atoms with E-state index >= 15 is 0 Å². The zero-order valence-corrected chi connectivity index (χ0v) is 17.4. The van der Waals surface area contributed by atoms with Crippen LogP contribution in [0.25, 0.3) is 0 Å². The highest BCUT2D eigenvalue weighted by Gasteiger charge is 2.36. The summed E-state index contributed by atoms with van der Waals surface area (Å²) >= 11 is 0. The Morgan fingerprint density at radius 1 is 1.13 bits per heavy atom. The predicted molar refractivity (Wildman–Crippen MR) is 117 cm³/mol. The van der Waals surface area contributed by atoms with Gasteiger partial charge in [-0.15, -0.1) is 0 Å². The van der Waals surface area contributed by atoms with Crippen LogP contribution >= 0.6 is 0 Å². The fourth-order valence-electron chi connectivity index (χ4n) is 4.73. The van der Waals surface area contributed by atoms with E-state index in [1.807, 2.05) is 24.3 Å². The Kier molecular flexibility index (Phi) is 4.88. The Hall–Kier alpha value is -3.35. The number of aryl methyl sites for hydroxylation is 2. The van der Waals surface area contributed by atoms with Gasteiger partial charge in [0.15, 0.2) is 6.10 Å². The molecule has 2 atom stereocenters. The highest BCUT2D eigenvalue weighted by atomic mass is 16.5. The predicted octanol–water partition coefficient (Wildman–Crippen LogP) is 3.28. The van der Waals surface area contributed by atoms with E-state index in [0.717, 1.165) is 44.3 Å². The van der Waals surface area contributed by atoms with Gasteiger partial charge in [-0.2, -0.15) is 0 Å². The lowest BCUT2D eigenvalue weighted by atomic mass is 10.1. The summed E-state index contributed by atoms with van der Waals surface area (Å²) in [5, 5.41) is 5.72. The molecule has 0 unspecified atom stereocenters. The van der Waals surface area contributed by atoms with Crippen LogP contribution < -0.4 is 15.5 Å². The number of anilines is 3. The first-order valence-corrected chi connectivity index (χ1v) is 10.8. The SMILES string of the molecule is C[C@@H](OC(=O)c1ccc2c(c1)NC(=O)[C@@H]1CCCN21)C(=O)Nc1ccc2c(c1)CCC2. The smallest absolute Gasteiger partial charge is 0.338 e. The van der Waals surface area contributed by atoms with Gasteiger partial charge in [0.1, 0.15) is 6.04 Å². The summed E-state index contributed by atoms with van der Waals surface area (Å²) in [6.45, 7) is 2.38. The van der Waals surface area contributed by atoms with Gasteiger partial charge >= 0.3 is 5.97 Å². The Labute approximate surface area is 180 Å². The van der Waals surface area contributed by atoms with Gasteiger partial charge in [0.2, 0.25) is 5.91 Å². The molecule has 0 saturated carbocycles. The molecule has 2 aliphatic heterocycles. The van der Waals surface area contributed by atoms with Crippen LogP contribution in [0.4, 0.5) is 17.1 Å². The third-order valence-corrected chi connectivity index (χ3v) is 6.37. The van der Waals surface area contributed by atoms with Crippen LogP contribution in [-0.2, 0) is 27.2 Å². The van der Waals surface area contributed by atoms with Crippen molar-refractivity contribution in [2.24, 2.45) is 0 Å². The topological polar surface area (TPSA) is 87.7 Å². The molecule has 31 heavy (non-hydrogen) atoms. The molecule has 2 N–H and O–H groups in total. The lowest BCUT2D eigenvalue weighted by Crippen LogP contribution is -2.43. The van der Waals surface area contributed by atoms with Crippen LogP contribution in [0, 0.1) is 0 Å². The quantitative estimate of drug-likeness (QED) is 0.743. The van der Waals surface area contributed by atoms with E-state index in [2.05, 4.69) is 15.5 Å². The lowest BCUT2D eigenvalue weighted by molar-refractivity contribution is -0.123. The van der Waals surface area contributed by atoms with Gasteiger partial charge in [0.05, 0.1) is 16.9 Å². The molecule has 2 amide bonds. The second-order valence-electron chi connectivity index (χ2n) is 8.45. The molecule has 0 radical (unpaired) electrons. The summed E-state index contributed by atoms with van der Waals surface area (Å²) in [5.74, 6) is -1.02. The third-order valence-electron chi connectivity index (χ3n) is 6.37. The van der Waals surface area contributed by atoms with E-state index in [4.69, 9.17) is 4.74 Å². The summed E-state index contributed by atoms with van der Waals surface area (Å²) in [4.78, 5) is 39.5. The summed E-state index contributed by atoms with van der Waals surface area (Å²) in [6, 6.07) is 10.9. The molecular weight excluding hydrogens is 394 g/mol. The van der Waals surface area contributed by atoms with Gasteiger partial charge in [0.25, 0.3) is 5.91 Å². The van der Waals surface area contributed by atoms with Gasteiger partial charge in [-0.3, -0.25) is 9.59 Å². The van der Waals surface area contributed by atoms with Crippen LogP contribution in [0.2, 0.25) is 0 Å². The van der Waals surface area contributed by atoms with Crippen molar-refractivity contribution >= 4 is 34.8 Å². The van der Waals surface area contributed by atoms with Gasteiger partial charge in [-0.05, 0) is 80.5 Å². The second kappa shape index (κ2) is 7.72. The van der Waals surface area contributed by atoms with Crippen LogP contribution in [0.3, 0.4) is 0 Å². The van der Waals surface area contributed by atoms with Crippen molar-refractivity contribution in [1.82, 2.24) is 0 Å². The highest BCUT2D eigenvalue weighted by molar-refractivity contribution is 6.06. The Morgan fingerprint density at radius 2 is 1.97 bits per heavy atom. The number of hydrogen-bond acceptors (Lipinski definition) is 5. The molecule has 1 saturated heterocycles. The minimum absolute atomic E-state index is 0.0439. The second-order valence-corrected chi connectivity index (χ2v) is 8.45. The largest absolute Gasteiger partial charge is 0.449 e. The van der Waals surface area contributed by atoms with Crippen molar-refractivity contribution in [3.05, 3.63) is 53.1 Å². The first kappa shape index (κ1) is 19.6. The molecule has 7 heteroatoms. The normalized spacial score (nSPS) is 19.7. The molecule has 3 aliphatic rings. The number of nitrogens with one attached hydrogen (secondary N) is 2. The average Bonchev–Trinajstić information content (AvgIpc) is 3.43. The van der Waals surface area contributed by atoms with E-state index < -0.39 is 12.1 Å². The highest BCUT2D eigenvalue weighted by Crippen LogP contribution is 2.37. The molecule has 1 aliphatic carbocycles. The number of esters is 1. The number of rotatable bonds is 4. The maximum Gasteiger partial charge on any atom is 0.338 e. The fourth-order valence-corrected chi connectivity index (χ4v) is 4.73. The van der Waals surface area contributed by atoms with Gasteiger partial charge in [-0.1, -0.05) is 6.07 Å². The number of benzene rings is 2. The molecule has 2 heterocycles. The molecule has 2 aromatic rings. The molecule has 0 spiro atoms.